The summed E-state index contributed by atoms with van der Waals surface area (Å²) in [6.07, 6.45) is 0. The monoisotopic (exact) mass is 237 g/mol. The molecule has 0 aromatic heterocycles. The normalized spacial score (nSPS) is 10.4. The fraction of sp³-hybridized carbons (Fsp3) is 0.462. The molecule has 4 nitrogen and oxygen atoms in total. The highest BCUT2D eigenvalue weighted by Gasteiger charge is 2.20. The van der Waals surface area contributed by atoms with Crippen LogP contribution in [0.1, 0.15) is 24.2 Å². The molecule has 1 aromatic carbocycles. The number of hydrogen-bond donors (Lipinski definition) is 1. The van der Waals surface area contributed by atoms with Crippen molar-refractivity contribution in [3.05, 3.63) is 29.8 Å². The molecule has 1 amide bonds. The summed E-state index contributed by atoms with van der Waals surface area (Å²) in [5.74, 6) is 0.438. The van der Waals surface area contributed by atoms with Crippen LogP contribution in [0.3, 0.4) is 0 Å². The minimum atomic E-state index is -0.119. The molecule has 0 saturated carbocycles. The summed E-state index contributed by atoms with van der Waals surface area (Å²) < 4.78 is 5.16. The molecule has 94 valence electrons. The Morgan fingerprint density at radius 2 is 2.06 bits per heavy atom. The number of hydrogen-bond acceptors (Lipinski definition) is 3. The maximum absolute atomic E-state index is 12.3. The van der Waals surface area contributed by atoms with E-state index >= 15 is 0 Å². The van der Waals surface area contributed by atoms with Crippen molar-refractivity contribution in [2.45, 2.75) is 19.9 Å². The number of methoxy groups -OCH3 is 1. The zero-order valence-corrected chi connectivity index (χ0v) is 10.5. The second-order valence-electron chi connectivity index (χ2n) is 4.02. The van der Waals surface area contributed by atoms with Crippen molar-refractivity contribution in [2.75, 3.05) is 20.3 Å². The quantitative estimate of drug-likeness (QED) is 0.845. The molecule has 1 rings (SSSR count). The average molecular weight is 237 g/mol. The van der Waals surface area contributed by atoms with Crippen LogP contribution in [0.25, 0.3) is 0 Å². The van der Waals surface area contributed by atoms with Crippen LogP contribution in [0.15, 0.2) is 24.3 Å². The maximum Gasteiger partial charge on any atom is 0.257 e. The zero-order valence-electron chi connectivity index (χ0n) is 10.5. The number of benzene rings is 1. The van der Waals surface area contributed by atoms with E-state index in [9.17, 15) is 4.79 Å². The van der Waals surface area contributed by atoms with Crippen LogP contribution in [0.2, 0.25) is 0 Å². The molecule has 0 aliphatic rings. The molecular formula is C13H19NO3. The summed E-state index contributed by atoms with van der Waals surface area (Å²) in [5, 5.41) is 8.98. The zero-order chi connectivity index (χ0) is 12.8. The summed E-state index contributed by atoms with van der Waals surface area (Å²) in [6, 6.07) is 7.15. The number of aliphatic hydroxyl groups is 1. The van der Waals surface area contributed by atoms with Crippen molar-refractivity contribution in [3.63, 3.8) is 0 Å². The van der Waals surface area contributed by atoms with Gasteiger partial charge in [0.15, 0.2) is 0 Å². The van der Waals surface area contributed by atoms with E-state index in [-0.39, 0.29) is 18.6 Å². The van der Waals surface area contributed by atoms with Gasteiger partial charge in [0.1, 0.15) is 5.75 Å². The smallest absolute Gasteiger partial charge is 0.257 e. The first-order chi connectivity index (χ1) is 8.11. The third-order valence-corrected chi connectivity index (χ3v) is 2.56. The van der Waals surface area contributed by atoms with Gasteiger partial charge in [-0.05, 0) is 26.0 Å². The first-order valence-electron chi connectivity index (χ1n) is 5.66. The highest BCUT2D eigenvalue weighted by atomic mass is 16.5. The van der Waals surface area contributed by atoms with Crippen molar-refractivity contribution < 1.29 is 14.6 Å². The Morgan fingerprint density at radius 3 is 2.59 bits per heavy atom. The van der Waals surface area contributed by atoms with Crippen LogP contribution in [0.4, 0.5) is 0 Å². The topological polar surface area (TPSA) is 49.8 Å². The van der Waals surface area contributed by atoms with Crippen LogP contribution in [-0.4, -0.2) is 42.2 Å². The summed E-state index contributed by atoms with van der Waals surface area (Å²) in [6.45, 7) is 4.12. The van der Waals surface area contributed by atoms with Crippen molar-refractivity contribution in [1.82, 2.24) is 4.90 Å². The Kier molecular flexibility index (Phi) is 4.97. The summed E-state index contributed by atoms with van der Waals surface area (Å²) in [5.41, 5.74) is 0.525. The van der Waals surface area contributed by atoms with Crippen molar-refractivity contribution >= 4 is 5.91 Å². The van der Waals surface area contributed by atoms with Crippen LogP contribution >= 0.6 is 0 Å². The molecule has 0 spiro atoms. The van der Waals surface area contributed by atoms with E-state index in [0.717, 1.165) is 0 Å². The number of carbonyl (C=O) groups is 1. The third kappa shape index (κ3) is 3.20. The Bertz CT molecular complexity index is 377. The van der Waals surface area contributed by atoms with E-state index in [1.807, 2.05) is 19.9 Å². The number of rotatable bonds is 5. The van der Waals surface area contributed by atoms with Gasteiger partial charge in [0.05, 0.1) is 19.3 Å². The first kappa shape index (κ1) is 13.5. The van der Waals surface area contributed by atoms with Crippen molar-refractivity contribution in [1.29, 1.82) is 0 Å². The number of amides is 1. The molecule has 0 aliphatic heterocycles. The van der Waals surface area contributed by atoms with Crippen LogP contribution in [0, 0.1) is 0 Å². The number of carbonyl (C=O) groups excluding carboxylic acids is 1. The van der Waals surface area contributed by atoms with Crippen LogP contribution in [0.5, 0.6) is 5.75 Å². The molecule has 0 bridgehead atoms. The predicted octanol–water partition coefficient (Wildman–Crippen LogP) is 1.54. The van der Waals surface area contributed by atoms with E-state index < -0.39 is 0 Å². The van der Waals surface area contributed by atoms with Gasteiger partial charge in [-0.25, -0.2) is 0 Å². The lowest BCUT2D eigenvalue weighted by Gasteiger charge is -2.26. The molecule has 1 aromatic rings. The fourth-order valence-corrected chi connectivity index (χ4v) is 1.68. The Labute approximate surface area is 102 Å². The first-order valence-corrected chi connectivity index (χ1v) is 5.66. The Balaban J connectivity index is 3.00. The third-order valence-electron chi connectivity index (χ3n) is 2.56. The highest BCUT2D eigenvalue weighted by Crippen LogP contribution is 2.20. The molecule has 4 heteroatoms. The Hall–Kier alpha value is -1.55. The highest BCUT2D eigenvalue weighted by molar-refractivity contribution is 5.97. The number of nitrogens with zero attached hydrogens (tertiary/aromatic N) is 1. The minimum absolute atomic E-state index is 0.0413. The summed E-state index contributed by atoms with van der Waals surface area (Å²) in [4.78, 5) is 13.9. The number of para-hydroxylation sites is 1. The lowest BCUT2D eigenvalue weighted by molar-refractivity contribution is 0.0662. The fourth-order valence-electron chi connectivity index (χ4n) is 1.68. The second-order valence-corrected chi connectivity index (χ2v) is 4.02. The average Bonchev–Trinajstić information content (AvgIpc) is 2.34. The van der Waals surface area contributed by atoms with Gasteiger partial charge in [0.25, 0.3) is 5.91 Å². The van der Waals surface area contributed by atoms with Crippen molar-refractivity contribution in [3.8, 4) is 5.75 Å². The van der Waals surface area contributed by atoms with Gasteiger partial charge in [0, 0.05) is 12.6 Å². The minimum Gasteiger partial charge on any atom is -0.496 e. The molecule has 0 saturated heterocycles. The van der Waals surface area contributed by atoms with Gasteiger partial charge in [-0.3, -0.25) is 4.79 Å². The molecule has 17 heavy (non-hydrogen) atoms. The largest absolute Gasteiger partial charge is 0.496 e. The molecular weight excluding hydrogens is 218 g/mol. The van der Waals surface area contributed by atoms with Gasteiger partial charge < -0.3 is 14.7 Å². The maximum atomic E-state index is 12.3. The molecule has 0 radical (unpaired) electrons. The summed E-state index contributed by atoms with van der Waals surface area (Å²) in [7, 11) is 1.54. The molecule has 0 fully saturated rings. The second kappa shape index (κ2) is 6.25. The molecule has 0 heterocycles. The van der Waals surface area contributed by atoms with Crippen molar-refractivity contribution in [2.24, 2.45) is 0 Å². The SMILES string of the molecule is COc1ccccc1C(=O)N(CCO)C(C)C. The van der Waals surface area contributed by atoms with E-state index in [0.29, 0.717) is 17.9 Å². The number of ether oxygens (including phenoxy) is 1. The van der Waals surface area contributed by atoms with Gasteiger partial charge in [-0.1, -0.05) is 12.1 Å². The van der Waals surface area contributed by atoms with E-state index in [4.69, 9.17) is 9.84 Å². The van der Waals surface area contributed by atoms with Gasteiger partial charge >= 0.3 is 0 Å². The lowest BCUT2D eigenvalue weighted by atomic mass is 10.1. The number of aliphatic hydroxyl groups excluding tert-OH is 1. The molecule has 0 atom stereocenters. The molecule has 0 unspecified atom stereocenters. The Morgan fingerprint density at radius 1 is 1.41 bits per heavy atom. The van der Waals surface area contributed by atoms with E-state index in [2.05, 4.69) is 0 Å². The van der Waals surface area contributed by atoms with Gasteiger partial charge in [-0.15, -0.1) is 0 Å². The molecule has 1 N–H and O–H groups in total. The summed E-state index contributed by atoms with van der Waals surface area (Å²) >= 11 is 0. The van der Waals surface area contributed by atoms with Gasteiger partial charge in [-0.2, -0.15) is 0 Å². The molecule has 0 aliphatic carbocycles. The standard InChI is InChI=1S/C13H19NO3/c1-10(2)14(8-9-15)13(16)11-6-4-5-7-12(11)17-3/h4-7,10,15H,8-9H2,1-3H3. The lowest BCUT2D eigenvalue weighted by Crippen LogP contribution is -2.39. The van der Waals surface area contributed by atoms with E-state index in [1.165, 1.54) is 7.11 Å². The van der Waals surface area contributed by atoms with Crippen LogP contribution in [-0.2, 0) is 0 Å². The van der Waals surface area contributed by atoms with Gasteiger partial charge in [0.2, 0.25) is 0 Å². The predicted molar refractivity (Wildman–Crippen MR) is 66.3 cm³/mol. The van der Waals surface area contributed by atoms with E-state index in [1.54, 1.807) is 23.1 Å². The van der Waals surface area contributed by atoms with Crippen LogP contribution < -0.4 is 4.74 Å².